The Morgan fingerprint density at radius 1 is 1.39 bits per heavy atom. The highest BCUT2D eigenvalue weighted by Gasteiger charge is 2.07. The summed E-state index contributed by atoms with van der Waals surface area (Å²) < 4.78 is 5.71. The Labute approximate surface area is 112 Å². The fourth-order valence-corrected chi connectivity index (χ4v) is 1.90. The zero-order valence-corrected chi connectivity index (χ0v) is 11.4. The van der Waals surface area contributed by atoms with E-state index in [2.05, 4.69) is 10.3 Å². The number of halogens is 1. The lowest BCUT2D eigenvalue weighted by Gasteiger charge is -2.00. The van der Waals surface area contributed by atoms with Gasteiger partial charge in [0.2, 0.25) is 0 Å². The third kappa shape index (κ3) is 3.12. The normalized spacial score (nSPS) is 10.8. The van der Waals surface area contributed by atoms with Gasteiger partial charge in [0.1, 0.15) is 0 Å². The SMILES string of the molecule is CNCCCc1ncc(-c2ccc(C)c(Cl)c2)o1. The first-order valence-corrected chi connectivity index (χ1v) is 6.44. The summed E-state index contributed by atoms with van der Waals surface area (Å²) in [5.41, 5.74) is 2.03. The molecule has 96 valence electrons. The second-order valence-electron chi connectivity index (χ2n) is 4.29. The van der Waals surface area contributed by atoms with Crippen LogP contribution in [0, 0.1) is 6.92 Å². The minimum Gasteiger partial charge on any atom is -0.441 e. The molecule has 0 bridgehead atoms. The zero-order chi connectivity index (χ0) is 13.0. The Morgan fingerprint density at radius 3 is 2.94 bits per heavy atom. The van der Waals surface area contributed by atoms with E-state index in [9.17, 15) is 0 Å². The van der Waals surface area contributed by atoms with Crippen LogP contribution in [0.5, 0.6) is 0 Å². The molecule has 0 aliphatic carbocycles. The summed E-state index contributed by atoms with van der Waals surface area (Å²) in [6.45, 7) is 2.95. The number of nitrogens with one attached hydrogen (secondary N) is 1. The number of hydrogen-bond acceptors (Lipinski definition) is 3. The summed E-state index contributed by atoms with van der Waals surface area (Å²) >= 11 is 6.10. The van der Waals surface area contributed by atoms with Crippen LogP contribution in [0.1, 0.15) is 17.9 Å². The summed E-state index contributed by atoms with van der Waals surface area (Å²) in [5.74, 6) is 1.55. The maximum atomic E-state index is 6.10. The number of nitrogens with zero attached hydrogens (tertiary/aromatic N) is 1. The molecule has 2 rings (SSSR count). The lowest BCUT2D eigenvalue weighted by Crippen LogP contribution is -2.08. The Morgan fingerprint density at radius 2 is 2.22 bits per heavy atom. The number of aryl methyl sites for hydroxylation is 2. The highest BCUT2D eigenvalue weighted by Crippen LogP contribution is 2.26. The van der Waals surface area contributed by atoms with Crippen LogP contribution in [0.3, 0.4) is 0 Å². The topological polar surface area (TPSA) is 38.1 Å². The lowest BCUT2D eigenvalue weighted by atomic mass is 10.1. The van der Waals surface area contributed by atoms with Gasteiger partial charge in [-0.1, -0.05) is 23.7 Å². The molecule has 1 N–H and O–H groups in total. The molecular formula is C14H17ClN2O. The third-order valence-electron chi connectivity index (χ3n) is 2.83. The van der Waals surface area contributed by atoms with E-state index in [-0.39, 0.29) is 0 Å². The molecule has 1 aromatic heterocycles. The predicted octanol–water partition coefficient (Wildman–Crippen LogP) is 3.46. The number of rotatable bonds is 5. The first-order valence-electron chi connectivity index (χ1n) is 6.06. The van der Waals surface area contributed by atoms with E-state index >= 15 is 0 Å². The molecular weight excluding hydrogens is 248 g/mol. The minimum absolute atomic E-state index is 0.751. The van der Waals surface area contributed by atoms with Gasteiger partial charge in [0.25, 0.3) is 0 Å². The van der Waals surface area contributed by atoms with Crippen molar-refractivity contribution in [1.82, 2.24) is 10.3 Å². The molecule has 0 fully saturated rings. The number of hydrogen-bond donors (Lipinski definition) is 1. The third-order valence-corrected chi connectivity index (χ3v) is 3.23. The molecule has 3 nitrogen and oxygen atoms in total. The summed E-state index contributed by atoms with van der Waals surface area (Å²) in [7, 11) is 1.94. The van der Waals surface area contributed by atoms with Gasteiger partial charge in [0.05, 0.1) is 6.20 Å². The van der Waals surface area contributed by atoms with E-state index < -0.39 is 0 Å². The van der Waals surface area contributed by atoms with Gasteiger partial charge in [-0.15, -0.1) is 0 Å². The molecule has 1 aromatic carbocycles. The van der Waals surface area contributed by atoms with Crippen LogP contribution in [0.2, 0.25) is 5.02 Å². The summed E-state index contributed by atoms with van der Waals surface area (Å²) in [4.78, 5) is 4.28. The van der Waals surface area contributed by atoms with Gasteiger partial charge in [0, 0.05) is 17.0 Å². The fraction of sp³-hybridized carbons (Fsp3) is 0.357. The monoisotopic (exact) mass is 264 g/mol. The maximum Gasteiger partial charge on any atom is 0.194 e. The van der Waals surface area contributed by atoms with Crippen molar-refractivity contribution < 1.29 is 4.42 Å². The van der Waals surface area contributed by atoms with Gasteiger partial charge >= 0.3 is 0 Å². The Hall–Kier alpha value is -1.32. The second-order valence-corrected chi connectivity index (χ2v) is 4.70. The first kappa shape index (κ1) is 13.1. The predicted molar refractivity (Wildman–Crippen MR) is 73.9 cm³/mol. The average molecular weight is 265 g/mol. The van der Waals surface area contributed by atoms with Gasteiger partial charge < -0.3 is 9.73 Å². The van der Waals surface area contributed by atoms with Crippen molar-refractivity contribution in [3.8, 4) is 11.3 Å². The highest BCUT2D eigenvalue weighted by atomic mass is 35.5. The maximum absolute atomic E-state index is 6.10. The molecule has 0 amide bonds. The van der Waals surface area contributed by atoms with Crippen molar-refractivity contribution in [3.63, 3.8) is 0 Å². The number of aromatic nitrogens is 1. The largest absolute Gasteiger partial charge is 0.441 e. The molecule has 0 aliphatic heterocycles. The van der Waals surface area contributed by atoms with Gasteiger partial charge in [-0.2, -0.15) is 0 Å². The molecule has 1 heterocycles. The van der Waals surface area contributed by atoms with Crippen LogP contribution < -0.4 is 5.32 Å². The van der Waals surface area contributed by atoms with E-state index in [1.165, 1.54) is 0 Å². The molecule has 0 unspecified atom stereocenters. The Bertz CT molecular complexity index is 522. The molecule has 0 atom stereocenters. The average Bonchev–Trinajstić information content (AvgIpc) is 2.82. The van der Waals surface area contributed by atoms with E-state index in [4.69, 9.17) is 16.0 Å². The molecule has 18 heavy (non-hydrogen) atoms. The Kier molecular flexibility index (Phi) is 4.39. The van der Waals surface area contributed by atoms with E-state index in [1.807, 2.05) is 32.2 Å². The fourth-order valence-electron chi connectivity index (χ4n) is 1.72. The van der Waals surface area contributed by atoms with E-state index in [0.717, 1.165) is 47.2 Å². The first-order chi connectivity index (χ1) is 8.70. The molecule has 0 radical (unpaired) electrons. The van der Waals surface area contributed by atoms with Crippen molar-refractivity contribution in [3.05, 3.63) is 40.9 Å². The van der Waals surface area contributed by atoms with Crippen LogP contribution in [0.15, 0.2) is 28.8 Å². The molecule has 2 aromatic rings. The molecule has 0 saturated carbocycles. The minimum atomic E-state index is 0.751. The van der Waals surface area contributed by atoms with Gasteiger partial charge in [-0.25, -0.2) is 4.98 Å². The van der Waals surface area contributed by atoms with Crippen molar-refractivity contribution >= 4 is 11.6 Å². The second kappa shape index (κ2) is 6.03. The summed E-state index contributed by atoms with van der Waals surface area (Å²) in [6.07, 6.45) is 3.63. The highest BCUT2D eigenvalue weighted by molar-refractivity contribution is 6.31. The molecule has 0 aliphatic rings. The quantitative estimate of drug-likeness (QED) is 0.841. The zero-order valence-electron chi connectivity index (χ0n) is 10.7. The Balaban J connectivity index is 2.11. The smallest absolute Gasteiger partial charge is 0.194 e. The molecule has 0 saturated heterocycles. The van der Waals surface area contributed by atoms with Crippen molar-refractivity contribution in [2.24, 2.45) is 0 Å². The summed E-state index contributed by atoms with van der Waals surface area (Å²) in [6, 6.07) is 5.90. The number of benzene rings is 1. The lowest BCUT2D eigenvalue weighted by molar-refractivity contribution is 0.495. The molecule has 4 heteroatoms. The van der Waals surface area contributed by atoms with Gasteiger partial charge in [-0.05, 0) is 38.6 Å². The van der Waals surface area contributed by atoms with Crippen LogP contribution in [-0.2, 0) is 6.42 Å². The van der Waals surface area contributed by atoms with Gasteiger partial charge in [0.15, 0.2) is 11.7 Å². The summed E-state index contributed by atoms with van der Waals surface area (Å²) in [5, 5.41) is 3.85. The van der Waals surface area contributed by atoms with E-state index in [0.29, 0.717) is 0 Å². The molecule has 0 spiro atoms. The van der Waals surface area contributed by atoms with Crippen LogP contribution in [-0.4, -0.2) is 18.6 Å². The van der Waals surface area contributed by atoms with Crippen LogP contribution >= 0.6 is 11.6 Å². The number of oxazole rings is 1. The van der Waals surface area contributed by atoms with Crippen molar-refractivity contribution in [2.75, 3.05) is 13.6 Å². The standard InChI is InChI=1S/C14H17ClN2O/c1-10-5-6-11(8-12(10)15)13-9-17-14(18-13)4-3-7-16-2/h5-6,8-9,16H,3-4,7H2,1-2H3. The van der Waals surface area contributed by atoms with Crippen molar-refractivity contribution in [2.45, 2.75) is 19.8 Å². The van der Waals surface area contributed by atoms with Gasteiger partial charge in [-0.3, -0.25) is 0 Å². The van der Waals surface area contributed by atoms with Crippen LogP contribution in [0.4, 0.5) is 0 Å². The van der Waals surface area contributed by atoms with E-state index in [1.54, 1.807) is 6.20 Å². The van der Waals surface area contributed by atoms with Crippen LogP contribution in [0.25, 0.3) is 11.3 Å². The van der Waals surface area contributed by atoms with Crippen molar-refractivity contribution in [1.29, 1.82) is 0 Å².